The van der Waals surface area contributed by atoms with Crippen LogP contribution < -0.4 is 9.62 Å². The number of sulfonamides is 1. The molecular formula is C29H41N3O4S. The van der Waals surface area contributed by atoms with E-state index in [9.17, 15) is 18.0 Å². The highest BCUT2D eigenvalue weighted by atomic mass is 32.2. The van der Waals surface area contributed by atoms with E-state index in [0.29, 0.717) is 18.0 Å². The molecule has 1 saturated carbocycles. The molecule has 2 aromatic carbocycles. The van der Waals surface area contributed by atoms with Crippen molar-refractivity contribution in [3.8, 4) is 0 Å². The van der Waals surface area contributed by atoms with E-state index < -0.39 is 22.0 Å². The van der Waals surface area contributed by atoms with Crippen LogP contribution in [0, 0.1) is 6.92 Å². The summed E-state index contributed by atoms with van der Waals surface area (Å²) in [4.78, 5) is 28.8. The van der Waals surface area contributed by atoms with Crippen molar-refractivity contribution in [3.63, 3.8) is 0 Å². The first-order valence-corrected chi connectivity index (χ1v) is 15.1. The predicted molar refractivity (Wildman–Crippen MR) is 149 cm³/mol. The van der Waals surface area contributed by atoms with Gasteiger partial charge in [-0.05, 0) is 60.9 Å². The van der Waals surface area contributed by atoms with Crippen molar-refractivity contribution >= 4 is 27.5 Å². The molecule has 0 aliphatic heterocycles. The van der Waals surface area contributed by atoms with Crippen molar-refractivity contribution in [1.29, 1.82) is 0 Å². The lowest BCUT2D eigenvalue weighted by atomic mass is 10.0. The lowest BCUT2D eigenvalue weighted by molar-refractivity contribution is -0.140. The summed E-state index contributed by atoms with van der Waals surface area (Å²) in [5, 5.41) is 3.13. The molecule has 0 spiro atoms. The average Bonchev–Trinajstić information content (AvgIpc) is 3.35. The molecule has 0 heterocycles. The highest BCUT2D eigenvalue weighted by Crippen LogP contribution is 2.24. The number of carbonyl (C=O) groups excluding carboxylic acids is 2. The minimum atomic E-state index is -3.75. The van der Waals surface area contributed by atoms with Gasteiger partial charge in [-0.2, -0.15) is 0 Å². The molecule has 1 atom stereocenters. The zero-order valence-electron chi connectivity index (χ0n) is 22.7. The van der Waals surface area contributed by atoms with E-state index in [-0.39, 0.29) is 25.0 Å². The average molecular weight is 528 g/mol. The Morgan fingerprint density at radius 3 is 2.19 bits per heavy atom. The molecule has 0 unspecified atom stereocenters. The Labute approximate surface area is 222 Å². The Balaban J connectivity index is 1.92. The van der Waals surface area contributed by atoms with Gasteiger partial charge in [0.05, 0.1) is 11.9 Å². The Bertz CT molecular complexity index is 1170. The zero-order valence-corrected chi connectivity index (χ0v) is 23.6. The zero-order chi connectivity index (χ0) is 27.2. The minimum Gasteiger partial charge on any atom is -0.352 e. The van der Waals surface area contributed by atoms with Crippen LogP contribution in [-0.2, 0) is 26.2 Å². The number of hydrogen-bond donors (Lipinski definition) is 1. The Hall–Kier alpha value is -2.87. The first-order chi connectivity index (χ1) is 17.5. The molecule has 2 amide bonds. The van der Waals surface area contributed by atoms with Crippen LogP contribution >= 0.6 is 0 Å². The number of nitrogens with zero attached hydrogens (tertiary/aromatic N) is 2. The Morgan fingerprint density at radius 2 is 1.65 bits per heavy atom. The highest BCUT2D eigenvalue weighted by molar-refractivity contribution is 7.92. The van der Waals surface area contributed by atoms with Crippen molar-refractivity contribution in [2.24, 2.45) is 0 Å². The van der Waals surface area contributed by atoms with Gasteiger partial charge < -0.3 is 10.2 Å². The van der Waals surface area contributed by atoms with Crippen LogP contribution in [0.25, 0.3) is 0 Å². The van der Waals surface area contributed by atoms with E-state index in [1.54, 1.807) is 17.0 Å². The maximum absolute atomic E-state index is 13.8. The Morgan fingerprint density at radius 1 is 1.03 bits per heavy atom. The summed E-state index contributed by atoms with van der Waals surface area (Å²) >= 11 is 0. The van der Waals surface area contributed by atoms with Crippen molar-refractivity contribution in [3.05, 3.63) is 65.2 Å². The first kappa shape index (κ1) is 28.7. The molecule has 1 aliphatic rings. The fourth-order valence-electron chi connectivity index (χ4n) is 4.90. The second kappa shape index (κ2) is 12.6. The van der Waals surface area contributed by atoms with Gasteiger partial charge >= 0.3 is 0 Å². The summed E-state index contributed by atoms with van der Waals surface area (Å²) in [6.07, 6.45) is 5.61. The van der Waals surface area contributed by atoms with Crippen LogP contribution in [0.4, 0.5) is 5.69 Å². The van der Waals surface area contributed by atoms with Crippen molar-refractivity contribution in [2.45, 2.75) is 84.3 Å². The van der Waals surface area contributed by atoms with Crippen LogP contribution in [0.5, 0.6) is 0 Å². The van der Waals surface area contributed by atoms with Gasteiger partial charge in [-0.25, -0.2) is 8.42 Å². The lowest BCUT2D eigenvalue weighted by Crippen LogP contribution is -2.53. The van der Waals surface area contributed by atoms with Gasteiger partial charge in [-0.3, -0.25) is 13.9 Å². The second-order valence-corrected chi connectivity index (χ2v) is 12.3. The van der Waals surface area contributed by atoms with E-state index in [4.69, 9.17) is 0 Å². The molecule has 37 heavy (non-hydrogen) atoms. The SMILES string of the molecule is CC[C@H](C(=O)NC1CCCC1)N(Cc1ccccc1C)C(=O)CN(c1ccc(C(C)C)cc1)S(C)(=O)=O. The van der Waals surface area contributed by atoms with E-state index in [1.807, 2.05) is 50.2 Å². The molecule has 1 fully saturated rings. The molecule has 2 aromatic rings. The molecule has 0 aromatic heterocycles. The number of nitrogens with one attached hydrogen (secondary N) is 1. The topological polar surface area (TPSA) is 86.8 Å². The van der Waals surface area contributed by atoms with Gasteiger partial charge in [0.2, 0.25) is 21.8 Å². The molecule has 0 radical (unpaired) electrons. The molecule has 8 heteroatoms. The third kappa shape index (κ3) is 7.57. The number of carbonyl (C=O) groups is 2. The number of rotatable bonds is 11. The number of aryl methyl sites for hydroxylation is 1. The third-order valence-electron chi connectivity index (χ3n) is 7.22. The summed E-state index contributed by atoms with van der Waals surface area (Å²) in [6.45, 7) is 7.84. The molecule has 0 saturated heterocycles. The van der Waals surface area contributed by atoms with E-state index in [2.05, 4.69) is 19.2 Å². The van der Waals surface area contributed by atoms with Gasteiger partial charge in [0.15, 0.2) is 0 Å². The fraction of sp³-hybridized carbons (Fsp3) is 0.517. The summed E-state index contributed by atoms with van der Waals surface area (Å²) in [5.41, 5.74) is 3.45. The van der Waals surface area contributed by atoms with Gasteiger partial charge in [0, 0.05) is 12.6 Å². The first-order valence-electron chi connectivity index (χ1n) is 13.2. The quantitative estimate of drug-likeness (QED) is 0.457. The smallest absolute Gasteiger partial charge is 0.244 e. The molecule has 0 bridgehead atoms. The van der Waals surface area contributed by atoms with Crippen molar-refractivity contribution < 1.29 is 18.0 Å². The molecular weight excluding hydrogens is 486 g/mol. The second-order valence-electron chi connectivity index (χ2n) is 10.4. The Kier molecular flexibility index (Phi) is 9.76. The summed E-state index contributed by atoms with van der Waals surface area (Å²) in [5.74, 6) is -0.283. The molecule has 3 rings (SSSR count). The molecule has 1 N–H and O–H groups in total. The van der Waals surface area contributed by atoms with E-state index >= 15 is 0 Å². The summed E-state index contributed by atoms with van der Waals surface area (Å²) in [6, 6.07) is 14.4. The van der Waals surface area contributed by atoms with Crippen LogP contribution in [-0.4, -0.2) is 50.0 Å². The number of hydrogen-bond acceptors (Lipinski definition) is 4. The predicted octanol–water partition coefficient (Wildman–Crippen LogP) is 4.75. The van der Waals surface area contributed by atoms with Gasteiger partial charge in [-0.15, -0.1) is 0 Å². The van der Waals surface area contributed by atoms with Gasteiger partial charge in [0.25, 0.3) is 0 Å². The number of anilines is 1. The van der Waals surface area contributed by atoms with Crippen molar-refractivity contribution in [2.75, 3.05) is 17.1 Å². The lowest BCUT2D eigenvalue weighted by Gasteiger charge is -2.33. The minimum absolute atomic E-state index is 0.129. The number of benzene rings is 2. The maximum atomic E-state index is 13.8. The van der Waals surface area contributed by atoms with E-state index in [1.165, 1.54) is 0 Å². The standard InChI is InChI=1S/C29H41N3O4S/c1-6-27(29(34)30-25-13-9-10-14-25)31(19-24-12-8-7-11-22(24)4)28(33)20-32(37(5,35)36)26-17-15-23(16-18-26)21(2)3/h7-8,11-12,15-18,21,25,27H,6,9-10,13-14,19-20H2,1-5H3,(H,30,34)/t27-/m1/s1. The third-order valence-corrected chi connectivity index (χ3v) is 8.36. The molecule has 202 valence electrons. The largest absolute Gasteiger partial charge is 0.352 e. The van der Waals surface area contributed by atoms with Crippen molar-refractivity contribution in [1.82, 2.24) is 10.2 Å². The maximum Gasteiger partial charge on any atom is 0.244 e. The molecule has 1 aliphatic carbocycles. The van der Waals surface area contributed by atoms with Gasteiger partial charge in [0.1, 0.15) is 12.6 Å². The van der Waals surface area contributed by atoms with Crippen LogP contribution in [0.1, 0.15) is 75.5 Å². The van der Waals surface area contributed by atoms with Gasteiger partial charge in [-0.1, -0.05) is 70.0 Å². The van der Waals surface area contributed by atoms with Crippen LogP contribution in [0.2, 0.25) is 0 Å². The van der Waals surface area contributed by atoms with Crippen LogP contribution in [0.3, 0.4) is 0 Å². The monoisotopic (exact) mass is 527 g/mol. The fourth-order valence-corrected chi connectivity index (χ4v) is 5.75. The normalized spacial score (nSPS) is 15.0. The molecule has 7 nitrogen and oxygen atoms in total. The summed E-state index contributed by atoms with van der Waals surface area (Å²) < 4.78 is 26.7. The summed E-state index contributed by atoms with van der Waals surface area (Å²) in [7, 11) is -3.75. The highest BCUT2D eigenvalue weighted by Gasteiger charge is 2.33. The van der Waals surface area contributed by atoms with E-state index in [0.717, 1.165) is 52.9 Å². The number of amides is 2. The van der Waals surface area contributed by atoms with Crippen LogP contribution in [0.15, 0.2) is 48.5 Å².